The van der Waals surface area contributed by atoms with Gasteiger partial charge in [0.25, 0.3) is 0 Å². The standard InChI is InChI=1S/C10H16N2O3/c1-10(2,3)15-9(13)14-5-4-8-6-11-12-7-8/h6-7H,4-5H2,1-3H3,(H,11,12). The zero-order valence-electron chi connectivity index (χ0n) is 9.24. The molecule has 1 aromatic rings. The van der Waals surface area contributed by atoms with E-state index in [1.807, 2.05) is 0 Å². The van der Waals surface area contributed by atoms with Gasteiger partial charge in [0.1, 0.15) is 5.60 Å². The Morgan fingerprint density at radius 3 is 2.80 bits per heavy atom. The van der Waals surface area contributed by atoms with Gasteiger partial charge < -0.3 is 9.47 Å². The molecule has 1 aromatic heterocycles. The molecule has 0 saturated carbocycles. The van der Waals surface area contributed by atoms with Gasteiger partial charge in [-0.2, -0.15) is 5.10 Å². The molecule has 0 unspecified atom stereocenters. The number of nitrogens with one attached hydrogen (secondary N) is 1. The molecule has 0 spiro atoms. The zero-order valence-corrected chi connectivity index (χ0v) is 9.24. The van der Waals surface area contributed by atoms with Crippen LogP contribution in [-0.4, -0.2) is 28.6 Å². The molecule has 0 aliphatic rings. The summed E-state index contributed by atoms with van der Waals surface area (Å²) >= 11 is 0. The first-order valence-electron chi connectivity index (χ1n) is 4.81. The van der Waals surface area contributed by atoms with Crippen molar-refractivity contribution in [3.8, 4) is 0 Å². The largest absolute Gasteiger partial charge is 0.508 e. The van der Waals surface area contributed by atoms with Crippen LogP contribution in [0.1, 0.15) is 26.3 Å². The van der Waals surface area contributed by atoms with E-state index < -0.39 is 11.8 Å². The van der Waals surface area contributed by atoms with Gasteiger partial charge in [-0.05, 0) is 26.3 Å². The number of ether oxygens (including phenoxy) is 2. The average Bonchev–Trinajstić information content (AvgIpc) is 2.53. The Labute approximate surface area is 88.8 Å². The Hall–Kier alpha value is -1.52. The van der Waals surface area contributed by atoms with Crippen LogP contribution in [0.5, 0.6) is 0 Å². The molecule has 1 N–H and O–H groups in total. The van der Waals surface area contributed by atoms with Crippen molar-refractivity contribution in [3.63, 3.8) is 0 Å². The summed E-state index contributed by atoms with van der Waals surface area (Å²) in [4.78, 5) is 11.1. The Kier molecular flexibility index (Phi) is 3.71. The van der Waals surface area contributed by atoms with Gasteiger partial charge in [-0.15, -0.1) is 0 Å². The molecule has 0 aliphatic carbocycles. The smallest absolute Gasteiger partial charge is 0.434 e. The fourth-order valence-electron chi connectivity index (χ4n) is 0.946. The van der Waals surface area contributed by atoms with E-state index in [-0.39, 0.29) is 0 Å². The molecule has 0 bridgehead atoms. The summed E-state index contributed by atoms with van der Waals surface area (Å²) in [6.07, 6.45) is 3.46. The van der Waals surface area contributed by atoms with Gasteiger partial charge >= 0.3 is 6.16 Å². The van der Waals surface area contributed by atoms with Crippen LogP contribution in [0.15, 0.2) is 12.4 Å². The first kappa shape index (κ1) is 11.6. The van der Waals surface area contributed by atoms with Crippen molar-refractivity contribution in [2.75, 3.05) is 6.61 Å². The van der Waals surface area contributed by atoms with Gasteiger partial charge in [0, 0.05) is 12.6 Å². The van der Waals surface area contributed by atoms with Crippen molar-refractivity contribution in [1.29, 1.82) is 0 Å². The van der Waals surface area contributed by atoms with E-state index in [0.29, 0.717) is 13.0 Å². The molecule has 5 heteroatoms. The molecule has 1 heterocycles. The van der Waals surface area contributed by atoms with Crippen molar-refractivity contribution >= 4 is 6.16 Å². The molecule has 1 rings (SSSR count). The van der Waals surface area contributed by atoms with Crippen LogP contribution in [-0.2, 0) is 15.9 Å². The van der Waals surface area contributed by atoms with Crippen molar-refractivity contribution < 1.29 is 14.3 Å². The molecular formula is C10H16N2O3. The van der Waals surface area contributed by atoms with Crippen LogP contribution in [0.4, 0.5) is 4.79 Å². The maximum Gasteiger partial charge on any atom is 0.508 e. The quantitative estimate of drug-likeness (QED) is 0.777. The predicted octanol–water partition coefficient (Wildman–Crippen LogP) is 1.90. The number of H-pyrrole nitrogens is 1. The number of aromatic nitrogens is 2. The first-order chi connectivity index (χ1) is 6.97. The van der Waals surface area contributed by atoms with E-state index in [4.69, 9.17) is 9.47 Å². The number of rotatable bonds is 3. The molecule has 0 saturated heterocycles. The van der Waals surface area contributed by atoms with Crippen LogP contribution in [0.3, 0.4) is 0 Å². The summed E-state index contributed by atoms with van der Waals surface area (Å²) in [5.41, 5.74) is 0.491. The maximum absolute atomic E-state index is 11.1. The summed E-state index contributed by atoms with van der Waals surface area (Å²) in [5, 5.41) is 6.47. The molecule has 5 nitrogen and oxygen atoms in total. The molecule has 0 radical (unpaired) electrons. The number of aromatic amines is 1. The van der Waals surface area contributed by atoms with Crippen LogP contribution in [0.2, 0.25) is 0 Å². The monoisotopic (exact) mass is 212 g/mol. The third kappa shape index (κ3) is 5.05. The summed E-state index contributed by atoms with van der Waals surface area (Å²) in [6.45, 7) is 5.69. The Morgan fingerprint density at radius 1 is 1.53 bits per heavy atom. The third-order valence-electron chi connectivity index (χ3n) is 1.56. The van der Waals surface area contributed by atoms with Gasteiger partial charge in [-0.1, -0.05) is 0 Å². The minimum atomic E-state index is -0.633. The summed E-state index contributed by atoms with van der Waals surface area (Å²) in [6, 6.07) is 0. The maximum atomic E-state index is 11.1. The van der Waals surface area contributed by atoms with Crippen molar-refractivity contribution in [3.05, 3.63) is 18.0 Å². The Morgan fingerprint density at radius 2 is 2.27 bits per heavy atom. The highest BCUT2D eigenvalue weighted by Crippen LogP contribution is 2.08. The van der Waals surface area contributed by atoms with Gasteiger partial charge in [0.05, 0.1) is 12.8 Å². The minimum Gasteiger partial charge on any atom is -0.434 e. The molecule has 0 fully saturated rings. The molecule has 0 atom stereocenters. The lowest BCUT2D eigenvalue weighted by atomic mass is 10.2. The number of carbonyl (C=O) groups excluding carboxylic acids is 1. The van der Waals surface area contributed by atoms with Gasteiger partial charge in [-0.3, -0.25) is 5.10 Å². The van der Waals surface area contributed by atoms with Gasteiger partial charge in [0.15, 0.2) is 0 Å². The second-order valence-electron chi connectivity index (χ2n) is 4.17. The van der Waals surface area contributed by atoms with E-state index in [2.05, 4.69) is 10.2 Å². The second-order valence-corrected chi connectivity index (χ2v) is 4.17. The lowest BCUT2D eigenvalue weighted by Gasteiger charge is -2.18. The topological polar surface area (TPSA) is 64.2 Å². The van der Waals surface area contributed by atoms with Crippen LogP contribution < -0.4 is 0 Å². The lowest BCUT2D eigenvalue weighted by molar-refractivity contribution is -0.00662. The summed E-state index contributed by atoms with van der Waals surface area (Å²) in [7, 11) is 0. The highest BCUT2D eigenvalue weighted by molar-refractivity contribution is 5.60. The van der Waals surface area contributed by atoms with Gasteiger partial charge in [0.2, 0.25) is 0 Å². The molecule has 84 valence electrons. The molecule has 0 aromatic carbocycles. The lowest BCUT2D eigenvalue weighted by Crippen LogP contribution is -2.24. The van der Waals surface area contributed by atoms with Crippen LogP contribution in [0, 0.1) is 0 Å². The van der Waals surface area contributed by atoms with Crippen LogP contribution >= 0.6 is 0 Å². The normalized spacial score (nSPS) is 11.1. The summed E-state index contributed by atoms with van der Waals surface area (Å²) < 4.78 is 9.86. The molecule has 15 heavy (non-hydrogen) atoms. The fourth-order valence-corrected chi connectivity index (χ4v) is 0.946. The van der Waals surface area contributed by atoms with Crippen molar-refractivity contribution in [2.24, 2.45) is 0 Å². The fraction of sp³-hybridized carbons (Fsp3) is 0.600. The highest BCUT2D eigenvalue weighted by Gasteiger charge is 2.16. The number of hydrogen-bond acceptors (Lipinski definition) is 4. The SMILES string of the molecule is CC(C)(C)OC(=O)OCCc1cn[nH]c1. The number of hydrogen-bond donors (Lipinski definition) is 1. The van der Waals surface area contributed by atoms with E-state index in [1.165, 1.54) is 0 Å². The average molecular weight is 212 g/mol. The second kappa shape index (κ2) is 4.82. The molecule has 0 amide bonds. The third-order valence-corrected chi connectivity index (χ3v) is 1.56. The Bertz CT molecular complexity index is 301. The van der Waals surface area contributed by atoms with E-state index in [1.54, 1.807) is 33.2 Å². The molecule has 0 aliphatic heterocycles. The van der Waals surface area contributed by atoms with E-state index in [9.17, 15) is 4.79 Å². The first-order valence-corrected chi connectivity index (χ1v) is 4.81. The van der Waals surface area contributed by atoms with Crippen molar-refractivity contribution in [1.82, 2.24) is 10.2 Å². The number of nitrogens with zero attached hydrogens (tertiary/aromatic N) is 1. The van der Waals surface area contributed by atoms with E-state index >= 15 is 0 Å². The van der Waals surface area contributed by atoms with Crippen molar-refractivity contribution in [2.45, 2.75) is 32.8 Å². The highest BCUT2D eigenvalue weighted by atomic mass is 16.7. The Balaban J connectivity index is 2.18. The summed E-state index contributed by atoms with van der Waals surface area (Å²) in [5.74, 6) is 0. The number of carbonyl (C=O) groups is 1. The van der Waals surface area contributed by atoms with E-state index in [0.717, 1.165) is 5.56 Å². The van der Waals surface area contributed by atoms with Crippen LogP contribution in [0.25, 0.3) is 0 Å². The zero-order chi connectivity index (χ0) is 11.3. The predicted molar refractivity (Wildman–Crippen MR) is 54.5 cm³/mol. The van der Waals surface area contributed by atoms with Gasteiger partial charge in [-0.25, -0.2) is 4.79 Å². The molecular weight excluding hydrogens is 196 g/mol. The minimum absolute atomic E-state index is 0.300.